The van der Waals surface area contributed by atoms with E-state index in [1.807, 2.05) is 0 Å². The number of amides is 1. The molecule has 1 fully saturated rings. The van der Waals surface area contributed by atoms with Crippen molar-refractivity contribution in [2.75, 3.05) is 32.4 Å². The molecule has 1 N–H and O–H groups in total. The zero-order valence-electron chi connectivity index (χ0n) is 15.8. The second-order valence-electron chi connectivity index (χ2n) is 6.95. The summed E-state index contributed by atoms with van der Waals surface area (Å²) in [7, 11) is -3.30. The van der Waals surface area contributed by atoms with Crippen molar-refractivity contribution in [2.45, 2.75) is 0 Å². The minimum atomic E-state index is -3.30. The molecular formula is C19H17F2N3O5S. The van der Waals surface area contributed by atoms with Crippen molar-refractivity contribution in [1.29, 1.82) is 0 Å². The highest BCUT2D eigenvalue weighted by atomic mass is 32.2. The third kappa shape index (κ3) is 3.73. The fourth-order valence-corrected chi connectivity index (χ4v) is 4.11. The Kier molecular flexibility index (Phi) is 4.94. The molecule has 0 unspecified atom stereocenters. The number of piperazine rings is 1. The Balaban J connectivity index is 1.58. The molecule has 0 bridgehead atoms. The Hall–Kier alpha value is -3.05. The van der Waals surface area contributed by atoms with E-state index >= 15 is 0 Å². The van der Waals surface area contributed by atoms with Crippen LogP contribution in [-0.2, 0) is 10.0 Å². The molecule has 4 rings (SSSR count). The molecule has 30 heavy (non-hydrogen) atoms. The normalized spacial score (nSPS) is 15.6. The summed E-state index contributed by atoms with van der Waals surface area (Å²) in [5, 5.41) is 9.47. The summed E-state index contributed by atoms with van der Waals surface area (Å²) in [5.41, 5.74) is 1.04. The fourth-order valence-electron chi connectivity index (χ4n) is 3.29. The summed E-state index contributed by atoms with van der Waals surface area (Å²) in [6.45, 7) is 0.978. The summed E-state index contributed by atoms with van der Waals surface area (Å²) < 4.78 is 56.9. The van der Waals surface area contributed by atoms with E-state index in [1.54, 1.807) is 11.0 Å². The molecule has 0 saturated carbocycles. The van der Waals surface area contributed by atoms with Gasteiger partial charge in [-0.3, -0.25) is 4.79 Å². The largest absolute Gasteiger partial charge is 0.505 e. The van der Waals surface area contributed by atoms with Crippen LogP contribution < -0.4 is 0 Å². The number of hydrogen-bond acceptors (Lipinski definition) is 6. The van der Waals surface area contributed by atoms with Gasteiger partial charge in [0.15, 0.2) is 23.0 Å². The molecule has 0 atom stereocenters. The standard InChI is InChI=1S/C19H17F2N3O5S/c1-30(27,28)24-6-4-23(5-7-24)19(26)11-2-3-16-14(9-11)22-18(29-16)12-8-13(20)17(21)15(25)10-12/h2-3,8-10,25H,4-7H2,1H3. The molecule has 2 aromatic carbocycles. The zero-order chi connectivity index (χ0) is 21.6. The van der Waals surface area contributed by atoms with Gasteiger partial charge < -0.3 is 14.4 Å². The van der Waals surface area contributed by atoms with Gasteiger partial charge >= 0.3 is 0 Å². The number of halogens is 2. The summed E-state index contributed by atoms with van der Waals surface area (Å²) in [5.74, 6) is -3.78. The Morgan fingerprint density at radius 3 is 2.47 bits per heavy atom. The van der Waals surface area contributed by atoms with Crippen LogP contribution in [0.4, 0.5) is 8.78 Å². The Morgan fingerprint density at radius 2 is 1.83 bits per heavy atom. The van der Waals surface area contributed by atoms with Crippen LogP contribution in [0.2, 0.25) is 0 Å². The van der Waals surface area contributed by atoms with Crippen LogP contribution in [0, 0.1) is 11.6 Å². The van der Waals surface area contributed by atoms with Crippen LogP contribution in [0.5, 0.6) is 5.75 Å². The van der Waals surface area contributed by atoms with Crippen LogP contribution in [0.3, 0.4) is 0 Å². The van der Waals surface area contributed by atoms with E-state index in [0.717, 1.165) is 18.4 Å². The topological polar surface area (TPSA) is 104 Å². The maximum atomic E-state index is 13.6. The number of rotatable bonds is 3. The van der Waals surface area contributed by atoms with E-state index in [4.69, 9.17) is 4.42 Å². The smallest absolute Gasteiger partial charge is 0.254 e. The maximum absolute atomic E-state index is 13.6. The molecule has 1 amide bonds. The lowest BCUT2D eigenvalue weighted by atomic mass is 10.1. The van der Waals surface area contributed by atoms with Crippen molar-refractivity contribution in [3.63, 3.8) is 0 Å². The zero-order valence-corrected chi connectivity index (χ0v) is 16.6. The van der Waals surface area contributed by atoms with Crippen LogP contribution >= 0.6 is 0 Å². The first-order chi connectivity index (χ1) is 14.1. The number of phenolic OH excluding ortho intramolecular Hbond substituents is 1. The second kappa shape index (κ2) is 7.33. The van der Waals surface area contributed by atoms with E-state index in [-0.39, 0.29) is 43.5 Å². The number of hydrogen-bond donors (Lipinski definition) is 1. The highest BCUT2D eigenvalue weighted by molar-refractivity contribution is 7.88. The van der Waals surface area contributed by atoms with Crippen molar-refractivity contribution in [2.24, 2.45) is 0 Å². The monoisotopic (exact) mass is 437 g/mol. The van der Waals surface area contributed by atoms with Crippen molar-refractivity contribution in [1.82, 2.24) is 14.2 Å². The molecule has 3 aromatic rings. The van der Waals surface area contributed by atoms with Crippen LogP contribution in [0.25, 0.3) is 22.6 Å². The maximum Gasteiger partial charge on any atom is 0.254 e. The van der Waals surface area contributed by atoms with Crippen molar-refractivity contribution >= 4 is 27.0 Å². The van der Waals surface area contributed by atoms with Gasteiger partial charge in [-0.2, -0.15) is 8.70 Å². The number of fused-ring (bicyclic) bond motifs is 1. The van der Waals surface area contributed by atoms with E-state index < -0.39 is 27.4 Å². The Morgan fingerprint density at radius 1 is 1.13 bits per heavy atom. The third-order valence-corrected chi connectivity index (χ3v) is 6.19. The molecule has 1 aromatic heterocycles. The quantitative estimate of drug-likeness (QED) is 0.674. The molecule has 8 nitrogen and oxygen atoms in total. The van der Waals surface area contributed by atoms with Crippen LogP contribution in [0.15, 0.2) is 34.7 Å². The van der Waals surface area contributed by atoms with Gasteiger partial charge in [-0.25, -0.2) is 17.8 Å². The molecule has 1 aliphatic heterocycles. The van der Waals surface area contributed by atoms with Gasteiger partial charge in [0.05, 0.1) is 6.26 Å². The van der Waals surface area contributed by atoms with Crippen molar-refractivity contribution < 1.29 is 31.5 Å². The number of benzene rings is 2. The first-order valence-corrected chi connectivity index (χ1v) is 10.8. The predicted octanol–water partition coefficient (Wildman–Crippen LogP) is 2.20. The lowest BCUT2D eigenvalue weighted by Crippen LogP contribution is -2.50. The molecule has 11 heteroatoms. The van der Waals surface area contributed by atoms with Gasteiger partial charge in [0.25, 0.3) is 5.91 Å². The number of nitrogens with zero attached hydrogens (tertiary/aromatic N) is 3. The number of aromatic hydroxyl groups is 1. The number of carbonyl (C=O) groups excluding carboxylic acids is 1. The fraction of sp³-hybridized carbons (Fsp3) is 0.263. The minimum absolute atomic E-state index is 0.0365. The molecule has 1 aliphatic rings. The predicted molar refractivity (Wildman–Crippen MR) is 103 cm³/mol. The number of oxazole rings is 1. The Bertz CT molecular complexity index is 1230. The highest BCUT2D eigenvalue weighted by Gasteiger charge is 2.27. The van der Waals surface area contributed by atoms with Crippen molar-refractivity contribution in [3.05, 3.63) is 47.5 Å². The summed E-state index contributed by atoms with van der Waals surface area (Å²) in [6.07, 6.45) is 1.13. The Labute approximate surface area is 170 Å². The summed E-state index contributed by atoms with van der Waals surface area (Å²) in [6, 6.07) is 6.44. The van der Waals surface area contributed by atoms with E-state index in [9.17, 15) is 27.1 Å². The second-order valence-corrected chi connectivity index (χ2v) is 8.93. The number of sulfonamides is 1. The van der Waals surface area contributed by atoms with Gasteiger partial charge in [0.1, 0.15) is 5.52 Å². The van der Waals surface area contributed by atoms with E-state index in [1.165, 1.54) is 16.4 Å². The van der Waals surface area contributed by atoms with Gasteiger partial charge in [0.2, 0.25) is 15.9 Å². The average Bonchev–Trinajstić information content (AvgIpc) is 3.14. The molecule has 158 valence electrons. The molecule has 0 aliphatic carbocycles. The number of phenols is 1. The molecule has 0 spiro atoms. The SMILES string of the molecule is CS(=O)(=O)N1CCN(C(=O)c2ccc3oc(-c4cc(O)c(F)c(F)c4)nc3c2)CC1. The van der Waals surface area contributed by atoms with Gasteiger partial charge in [-0.15, -0.1) is 0 Å². The van der Waals surface area contributed by atoms with E-state index in [2.05, 4.69) is 4.98 Å². The molecular weight excluding hydrogens is 420 g/mol. The summed E-state index contributed by atoms with van der Waals surface area (Å²) >= 11 is 0. The van der Waals surface area contributed by atoms with Gasteiger partial charge in [-0.1, -0.05) is 0 Å². The van der Waals surface area contributed by atoms with Crippen LogP contribution in [-0.4, -0.2) is 66.1 Å². The third-order valence-electron chi connectivity index (χ3n) is 4.89. The number of aromatic nitrogens is 1. The number of carbonyl (C=O) groups is 1. The average molecular weight is 437 g/mol. The lowest BCUT2D eigenvalue weighted by molar-refractivity contribution is 0.0698. The van der Waals surface area contributed by atoms with Crippen molar-refractivity contribution in [3.8, 4) is 17.2 Å². The molecule has 2 heterocycles. The van der Waals surface area contributed by atoms with Gasteiger partial charge in [-0.05, 0) is 30.3 Å². The minimum Gasteiger partial charge on any atom is -0.505 e. The first-order valence-electron chi connectivity index (χ1n) is 8.97. The van der Waals surface area contributed by atoms with Gasteiger partial charge in [0, 0.05) is 37.3 Å². The highest BCUT2D eigenvalue weighted by Crippen LogP contribution is 2.30. The van der Waals surface area contributed by atoms with E-state index in [0.29, 0.717) is 16.7 Å². The molecule has 0 radical (unpaired) electrons. The lowest BCUT2D eigenvalue weighted by Gasteiger charge is -2.33. The van der Waals surface area contributed by atoms with Crippen LogP contribution in [0.1, 0.15) is 10.4 Å². The first kappa shape index (κ1) is 20.2. The molecule has 1 saturated heterocycles. The summed E-state index contributed by atoms with van der Waals surface area (Å²) in [4.78, 5) is 18.5.